The fraction of sp³-hybridized carbons (Fsp3) is 0.462. The second-order valence-corrected chi connectivity index (χ2v) is 5.55. The maximum absolute atomic E-state index is 10.9. The van der Waals surface area contributed by atoms with Gasteiger partial charge in [-0.05, 0) is 38.0 Å². The molecule has 1 aromatic rings. The maximum Gasteiger partial charge on any atom is 0.305 e. The van der Waals surface area contributed by atoms with E-state index in [2.05, 4.69) is 40.7 Å². The van der Waals surface area contributed by atoms with Crippen LogP contribution in [-0.2, 0) is 11.2 Å². The van der Waals surface area contributed by atoms with E-state index in [1.807, 2.05) is 12.1 Å². The van der Waals surface area contributed by atoms with Crippen LogP contribution < -0.4 is 4.90 Å². The van der Waals surface area contributed by atoms with Crippen LogP contribution in [0.5, 0.6) is 0 Å². The molecule has 1 aliphatic heterocycles. The Bertz CT molecular complexity index is 445. The zero-order valence-corrected chi connectivity index (χ0v) is 11.6. The van der Waals surface area contributed by atoms with Crippen LogP contribution in [0.15, 0.2) is 22.7 Å². The largest absolute Gasteiger partial charge is 0.481 e. The monoisotopic (exact) mass is 297 g/mol. The van der Waals surface area contributed by atoms with E-state index in [0.717, 1.165) is 10.9 Å². The van der Waals surface area contributed by atoms with Crippen LogP contribution in [-0.4, -0.2) is 23.2 Å². The van der Waals surface area contributed by atoms with Crippen LogP contribution in [0.4, 0.5) is 5.69 Å². The van der Waals surface area contributed by atoms with E-state index in [4.69, 9.17) is 5.11 Å². The molecule has 1 unspecified atom stereocenters. The Labute approximate surface area is 110 Å². The van der Waals surface area contributed by atoms with Crippen LogP contribution in [0.1, 0.15) is 25.8 Å². The van der Waals surface area contributed by atoms with Crippen molar-refractivity contribution in [2.75, 3.05) is 4.90 Å². The predicted molar refractivity (Wildman–Crippen MR) is 71.5 cm³/mol. The lowest BCUT2D eigenvalue weighted by atomic mass is 10.1. The number of halogens is 1. The number of nitrogens with zero attached hydrogens (tertiary/aromatic N) is 1. The summed E-state index contributed by atoms with van der Waals surface area (Å²) in [4.78, 5) is 13.1. The Morgan fingerprint density at radius 1 is 1.59 bits per heavy atom. The van der Waals surface area contributed by atoms with Gasteiger partial charge in [-0.1, -0.05) is 22.0 Å². The molecule has 92 valence electrons. The molecule has 17 heavy (non-hydrogen) atoms. The smallest absolute Gasteiger partial charge is 0.305 e. The molecule has 0 fully saturated rings. The highest BCUT2D eigenvalue weighted by molar-refractivity contribution is 9.10. The Kier molecular flexibility index (Phi) is 3.43. The molecule has 0 spiro atoms. The van der Waals surface area contributed by atoms with E-state index < -0.39 is 5.97 Å². The van der Waals surface area contributed by atoms with Crippen molar-refractivity contribution in [1.82, 2.24) is 0 Å². The number of rotatable bonds is 3. The van der Waals surface area contributed by atoms with Crippen molar-refractivity contribution in [3.63, 3.8) is 0 Å². The third-order valence-electron chi connectivity index (χ3n) is 3.17. The summed E-state index contributed by atoms with van der Waals surface area (Å²) in [6.45, 7) is 4.20. The number of carboxylic acid groups (broad SMARTS) is 1. The van der Waals surface area contributed by atoms with Gasteiger partial charge >= 0.3 is 5.97 Å². The summed E-state index contributed by atoms with van der Waals surface area (Å²) >= 11 is 3.54. The van der Waals surface area contributed by atoms with Gasteiger partial charge in [0.15, 0.2) is 0 Å². The molecule has 0 saturated carbocycles. The minimum atomic E-state index is -0.732. The number of carbonyl (C=O) groups is 1. The van der Waals surface area contributed by atoms with Crippen LogP contribution in [0.3, 0.4) is 0 Å². The number of fused-ring (bicyclic) bond motifs is 1. The molecule has 2 rings (SSSR count). The molecule has 4 heteroatoms. The van der Waals surface area contributed by atoms with Crippen LogP contribution in [0, 0.1) is 0 Å². The fourth-order valence-electron chi connectivity index (χ4n) is 2.59. The fourth-order valence-corrected chi connectivity index (χ4v) is 3.11. The Morgan fingerprint density at radius 3 is 2.88 bits per heavy atom. The number of hydrogen-bond donors (Lipinski definition) is 1. The van der Waals surface area contributed by atoms with Crippen molar-refractivity contribution in [1.29, 1.82) is 0 Å². The van der Waals surface area contributed by atoms with Crippen molar-refractivity contribution in [3.8, 4) is 0 Å². The van der Waals surface area contributed by atoms with Gasteiger partial charge in [0.25, 0.3) is 0 Å². The van der Waals surface area contributed by atoms with Crippen LogP contribution >= 0.6 is 15.9 Å². The van der Waals surface area contributed by atoms with Gasteiger partial charge in [0.2, 0.25) is 0 Å². The first-order valence-electron chi connectivity index (χ1n) is 5.78. The highest BCUT2D eigenvalue weighted by Crippen LogP contribution is 2.39. The standard InChI is InChI=1S/C13H16BrNO2/c1-8(2)15-9(7-13(16)17)6-10-11(14)4-3-5-12(10)15/h3-5,8-9H,6-7H2,1-2H3,(H,16,17). The number of aliphatic carboxylic acids is 1. The zero-order chi connectivity index (χ0) is 12.6. The van der Waals surface area contributed by atoms with Crippen molar-refractivity contribution in [3.05, 3.63) is 28.2 Å². The number of carboxylic acids is 1. The average molecular weight is 298 g/mol. The van der Waals surface area contributed by atoms with E-state index in [1.165, 1.54) is 11.3 Å². The summed E-state index contributed by atoms with van der Waals surface area (Å²) in [6, 6.07) is 6.47. The highest BCUT2D eigenvalue weighted by atomic mass is 79.9. The van der Waals surface area contributed by atoms with Crippen molar-refractivity contribution < 1.29 is 9.90 Å². The third kappa shape index (κ3) is 2.32. The van der Waals surface area contributed by atoms with Crippen molar-refractivity contribution in [2.24, 2.45) is 0 Å². The molecule has 0 aliphatic carbocycles. The summed E-state index contributed by atoms with van der Waals surface area (Å²) in [7, 11) is 0. The summed E-state index contributed by atoms with van der Waals surface area (Å²) in [5.74, 6) is -0.732. The molecular formula is C13H16BrNO2. The van der Waals surface area contributed by atoms with Gasteiger partial charge < -0.3 is 10.0 Å². The maximum atomic E-state index is 10.9. The lowest BCUT2D eigenvalue weighted by Crippen LogP contribution is -2.39. The van der Waals surface area contributed by atoms with E-state index >= 15 is 0 Å². The Balaban J connectivity index is 2.37. The summed E-state index contributed by atoms with van der Waals surface area (Å²) in [5.41, 5.74) is 2.40. The Morgan fingerprint density at radius 2 is 2.29 bits per heavy atom. The first kappa shape index (κ1) is 12.4. The third-order valence-corrected chi connectivity index (χ3v) is 3.91. The number of benzene rings is 1. The molecule has 0 amide bonds. The normalized spacial score (nSPS) is 18.6. The molecule has 0 radical (unpaired) electrons. The zero-order valence-electron chi connectivity index (χ0n) is 9.98. The molecule has 1 atom stereocenters. The molecule has 0 saturated heterocycles. The molecule has 1 aliphatic rings. The molecule has 0 aromatic heterocycles. The number of anilines is 1. The van der Waals surface area contributed by atoms with Crippen molar-refractivity contribution >= 4 is 27.6 Å². The molecule has 1 N–H and O–H groups in total. The molecule has 0 bridgehead atoms. The van der Waals surface area contributed by atoms with E-state index in [9.17, 15) is 4.79 Å². The quantitative estimate of drug-likeness (QED) is 0.932. The second kappa shape index (κ2) is 4.69. The highest BCUT2D eigenvalue weighted by Gasteiger charge is 2.33. The van der Waals surface area contributed by atoms with E-state index in [1.54, 1.807) is 0 Å². The van der Waals surface area contributed by atoms with Crippen LogP contribution in [0.25, 0.3) is 0 Å². The van der Waals surface area contributed by atoms with E-state index in [-0.39, 0.29) is 12.5 Å². The van der Waals surface area contributed by atoms with Gasteiger partial charge in [0.1, 0.15) is 0 Å². The van der Waals surface area contributed by atoms with Gasteiger partial charge in [-0.15, -0.1) is 0 Å². The Hall–Kier alpha value is -1.03. The molecule has 1 heterocycles. The lowest BCUT2D eigenvalue weighted by molar-refractivity contribution is -0.137. The molecule has 1 aromatic carbocycles. The summed E-state index contributed by atoms with van der Waals surface area (Å²) in [5, 5.41) is 8.98. The summed E-state index contributed by atoms with van der Waals surface area (Å²) < 4.78 is 1.08. The number of hydrogen-bond acceptors (Lipinski definition) is 2. The molecular weight excluding hydrogens is 282 g/mol. The first-order valence-corrected chi connectivity index (χ1v) is 6.57. The van der Waals surface area contributed by atoms with Crippen molar-refractivity contribution in [2.45, 2.75) is 38.8 Å². The predicted octanol–water partition coefficient (Wildman–Crippen LogP) is 3.06. The summed E-state index contributed by atoms with van der Waals surface area (Å²) in [6.07, 6.45) is 1.00. The minimum absolute atomic E-state index is 0.0706. The van der Waals surface area contributed by atoms with Gasteiger partial charge in [-0.3, -0.25) is 4.79 Å². The minimum Gasteiger partial charge on any atom is -0.481 e. The van der Waals surface area contributed by atoms with E-state index in [0.29, 0.717) is 6.04 Å². The SMILES string of the molecule is CC(C)N1c2cccc(Br)c2CC1CC(=O)O. The van der Waals surface area contributed by atoms with Gasteiger partial charge in [0, 0.05) is 22.2 Å². The lowest BCUT2D eigenvalue weighted by Gasteiger charge is -2.30. The van der Waals surface area contributed by atoms with Gasteiger partial charge in [-0.2, -0.15) is 0 Å². The van der Waals surface area contributed by atoms with Gasteiger partial charge in [0.05, 0.1) is 6.42 Å². The van der Waals surface area contributed by atoms with Crippen LogP contribution in [0.2, 0.25) is 0 Å². The topological polar surface area (TPSA) is 40.5 Å². The molecule has 3 nitrogen and oxygen atoms in total. The average Bonchev–Trinajstić information content (AvgIpc) is 2.56. The second-order valence-electron chi connectivity index (χ2n) is 4.69. The first-order chi connectivity index (χ1) is 8.00. The van der Waals surface area contributed by atoms with Gasteiger partial charge in [-0.25, -0.2) is 0 Å².